The molecule has 0 aliphatic rings. The van der Waals surface area contributed by atoms with Crippen LogP contribution in [0, 0.1) is 0 Å². The minimum Gasteiger partial charge on any atom is -0.380 e. The maximum atomic E-state index is 5.06. The van der Waals surface area contributed by atoms with Crippen LogP contribution in [0.4, 0.5) is 0 Å². The highest BCUT2D eigenvalue weighted by Crippen LogP contribution is 2.18. The van der Waals surface area contributed by atoms with Crippen molar-refractivity contribution in [2.75, 3.05) is 7.11 Å². The minimum atomic E-state index is 0.660. The number of hydrogen-bond donors (Lipinski definition) is 0. The predicted molar refractivity (Wildman–Crippen MR) is 59.4 cm³/mol. The van der Waals surface area contributed by atoms with Gasteiger partial charge in [-0.15, -0.1) is 0 Å². The third-order valence-electron chi connectivity index (χ3n) is 2.30. The molecule has 0 atom stereocenters. The van der Waals surface area contributed by atoms with Crippen LogP contribution in [0.5, 0.6) is 0 Å². The second-order valence-electron chi connectivity index (χ2n) is 3.53. The van der Waals surface area contributed by atoms with Gasteiger partial charge >= 0.3 is 0 Å². The fraction of sp³-hybridized carbons (Fsp3) is 0.250. The molecule has 2 aromatic rings. The summed E-state index contributed by atoms with van der Waals surface area (Å²) < 4.78 is 6.87. The van der Waals surface area contributed by atoms with Gasteiger partial charge in [-0.25, -0.2) is 0 Å². The summed E-state index contributed by atoms with van der Waals surface area (Å²) in [7, 11) is 3.62. The average molecular weight is 202 g/mol. The quantitative estimate of drug-likeness (QED) is 0.763. The molecular formula is C12H14N2O. The van der Waals surface area contributed by atoms with Crippen LogP contribution in [0.3, 0.4) is 0 Å². The maximum Gasteiger partial charge on any atom is 0.0713 e. The maximum absolute atomic E-state index is 5.06. The van der Waals surface area contributed by atoms with Crippen LogP contribution >= 0.6 is 0 Å². The first kappa shape index (κ1) is 9.93. The molecule has 0 N–H and O–H groups in total. The molecule has 78 valence electrons. The lowest BCUT2D eigenvalue weighted by atomic mass is 10.1. The highest BCUT2D eigenvalue weighted by atomic mass is 16.5. The van der Waals surface area contributed by atoms with E-state index >= 15 is 0 Å². The molecule has 0 fully saturated rings. The Morgan fingerprint density at radius 1 is 1.20 bits per heavy atom. The summed E-state index contributed by atoms with van der Waals surface area (Å²) in [6.07, 6.45) is 3.87. The van der Waals surface area contributed by atoms with Gasteiger partial charge in [0.1, 0.15) is 0 Å². The van der Waals surface area contributed by atoms with Crippen molar-refractivity contribution in [1.82, 2.24) is 9.78 Å². The summed E-state index contributed by atoms with van der Waals surface area (Å²) in [4.78, 5) is 0. The number of aromatic nitrogens is 2. The monoisotopic (exact) mass is 202 g/mol. The summed E-state index contributed by atoms with van der Waals surface area (Å²) in [5.74, 6) is 0. The zero-order valence-electron chi connectivity index (χ0n) is 8.97. The van der Waals surface area contributed by atoms with Crippen molar-refractivity contribution < 1.29 is 4.74 Å². The Morgan fingerprint density at radius 3 is 2.47 bits per heavy atom. The van der Waals surface area contributed by atoms with Crippen molar-refractivity contribution in [3.63, 3.8) is 0 Å². The molecule has 0 saturated heterocycles. The second-order valence-corrected chi connectivity index (χ2v) is 3.53. The van der Waals surface area contributed by atoms with Gasteiger partial charge in [-0.05, 0) is 11.1 Å². The normalized spacial score (nSPS) is 10.5. The van der Waals surface area contributed by atoms with E-state index in [0.717, 1.165) is 5.56 Å². The van der Waals surface area contributed by atoms with Crippen molar-refractivity contribution in [1.29, 1.82) is 0 Å². The number of ether oxygens (including phenoxy) is 1. The van der Waals surface area contributed by atoms with E-state index in [4.69, 9.17) is 4.74 Å². The van der Waals surface area contributed by atoms with Crippen LogP contribution in [0.1, 0.15) is 5.56 Å². The van der Waals surface area contributed by atoms with Gasteiger partial charge in [-0.3, -0.25) is 4.68 Å². The Labute approximate surface area is 89.3 Å². The van der Waals surface area contributed by atoms with Gasteiger partial charge < -0.3 is 4.74 Å². The molecule has 1 aromatic carbocycles. The van der Waals surface area contributed by atoms with Gasteiger partial charge in [0.05, 0.1) is 12.8 Å². The van der Waals surface area contributed by atoms with Gasteiger partial charge in [-0.2, -0.15) is 5.10 Å². The molecule has 1 heterocycles. The average Bonchev–Trinajstić information content (AvgIpc) is 2.67. The minimum absolute atomic E-state index is 0.660. The molecule has 15 heavy (non-hydrogen) atoms. The largest absolute Gasteiger partial charge is 0.380 e. The Morgan fingerprint density at radius 2 is 1.93 bits per heavy atom. The lowest BCUT2D eigenvalue weighted by Crippen LogP contribution is -1.86. The Bertz CT molecular complexity index is 431. The highest BCUT2D eigenvalue weighted by molar-refractivity contribution is 5.61. The van der Waals surface area contributed by atoms with Crippen molar-refractivity contribution in [2.24, 2.45) is 7.05 Å². The first-order valence-corrected chi connectivity index (χ1v) is 4.86. The summed E-state index contributed by atoms with van der Waals surface area (Å²) in [6.45, 7) is 0.660. The molecule has 0 saturated carbocycles. The lowest BCUT2D eigenvalue weighted by Gasteiger charge is -2.01. The Balaban J connectivity index is 2.23. The van der Waals surface area contributed by atoms with Gasteiger partial charge in [0, 0.05) is 25.9 Å². The van der Waals surface area contributed by atoms with E-state index in [1.165, 1.54) is 11.1 Å². The van der Waals surface area contributed by atoms with Crippen LogP contribution in [0.2, 0.25) is 0 Å². The van der Waals surface area contributed by atoms with Crippen molar-refractivity contribution >= 4 is 0 Å². The molecule has 0 unspecified atom stereocenters. The van der Waals surface area contributed by atoms with Gasteiger partial charge in [-0.1, -0.05) is 24.3 Å². The standard InChI is InChI=1S/C12H14N2O/c1-14-8-12(7-13-14)11-5-3-10(4-6-11)9-15-2/h3-8H,9H2,1-2H3. The molecule has 0 spiro atoms. The number of methoxy groups -OCH3 is 1. The fourth-order valence-electron chi connectivity index (χ4n) is 1.53. The van der Waals surface area contributed by atoms with Gasteiger partial charge in [0.25, 0.3) is 0 Å². The molecule has 0 aliphatic carbocycles. The fourth-order valence-corrected chi connectivity index (χ4v) is 1.53. The van der Waals surface area contributed by atoms with E-state index in [0.29, 0.717) is 6.61 Å². The second kappa shape index (κ2) is 4.28. The van der Waals surface area contributed by atoms with Crippen LogP contribution in [0.25, 0.3) is 11.1 Å². The van der Waals surface area contributed by atoms with Crippen LogP contribution in [-0.2, 0) is 18.4 Å². The zero-order valence-corrected chi connectivity index (χ0v) is 8.97. The third kappa shape index (κ3) is 2.25. The molecular weight excluding hydrogens is 188 g/mol. The molecule has 0 bridgehead atoms. The first-order chi connectivity index (χ1) is 7.29. The van der Waals surface area contributed by atoms with Crippen LogP contribution < -0.4 is 0 Å². The predicted octanol–water partition coefficient (Wildman–Crippen LogP) is 2.23. The topological polar surface area (TPSA) is 27.1 Å². The first-order valence-electron chi connectivity index (χ1n) is 4.86. The summed E-state index contributed by atoms with van der Waals surface area (Å²) >= 11 is 0. The number of rotatable bonds is 3. The van der Waals surface area contributed by atoms with E-state index in [1.54, 1.807) is 11.8 Å². The molecule has 0 aliphatic heterocycles. The Kier molecular flexibility index (Phi) is 2.83. The van der Waals surface area contributed by atoms with Gasteiger partial charge in [0.15, 0.2) is 0 Å². The molecule has 0 amide bonds. The SMILES string of the molecule is COCc1ccc(-c2cnn(C)c2)cc1. The number of benzene rings is 1. The van der Waals surface area contributed by atoms with E-state index in [2.05, 4.69) is 29.4 Å². The van der Waals surface area contributed by atoms with E-state index in [-0.39, 0.29) is 0 Å². The molecule has 3 heteroatoms. The van der Waals surface area contributed by atoms with E-state index < -0.39 is 0 Å². The molecule has 3 nitrogen and oxygen atoms in total. The molecule has 1 aromatic heterocycles. The lowest BCUT2D eigenvalue weighted by molar-refractivity contribution is 0.185. The smallest absolute Gasteiger partial charge is 0.0713 e. The van der Waals surface area contributed by atoms with Crippen LogP contribution in [-0.4, -0.2) is 16.9 Å². The van der Waals surface area contributed by atoms with Crippen molar-refractivity contribution in [2.45, 2.75) is 6.61 Å². The number of aryl methyl sites for hydroxylation is 1. The third-order valence-corrected chi connectivity index (χ3v) is 2.30. The summed E-state index contributed by atoms with van der Waals surface area (Å²) in [5, 5.41) is 4.14. The number of nitrogens with zero attached hydrogens (tertiary/aromatic N) is 2. The van der Waals surface area contributed by atoms with Gasteiger partial charge in [0.2, 0.25) is 0 Å². The van der Waals surface area contributed by atoms with Crippen LogP contribution in [0.15, 0.2) is 36.7 Å². The molecule has 0 radical (unpaired) electrons. The van der Waals surface area contributed by atoms with E-state index in [9.17, 15) is 0 Å². The van der Waals surface area contributed by atoms with Crippen molar-refractivity contribution in [3.8, 4) is 11.1 Å². The summed E-state index contributed by atoms with van der Waals surface area (Å²) in [5.41, 5.74) is 3.51. The summed E-state index contributed by atoms with van der Waals surface area (Å²) in [6, 6.07) is 8.33. The number of hydrogen-bond acceptors (Lipinski definition) is 2. The van der Waals surface area contributed by atoms with E-state index in [1.807, 2.05) is 19.4 Å². The molecule has 2 rings (SSSR count). The zero-order chi connectivity index (χ0) is 10.7. The Hall–Kier alpha value is -1.61. The van der Waals surface area contributed by atoms with Crippen molar-refractivity contribution in [3.05, 3.63) is 42.2 Å². The highest BCUT2D eigenvalue weighted by Gasteiger charge is 1.99.